The molecule has 2 atom stereocenters. The summed E-state index contributed by atoms with van der Waals surface area (Å²) < 4.78 is 0. The molecule has 17 heavy (non-hydrogen) atoms. The molecule has 2 rings (SSSR count). The lowest BCUT2D eigenvalue weighted by atomic mass is 10.00. The van der Waals surface area contributed by atoms with Crippen LogP contribution < -0.4 is 5.43 Å². The van der Waals surface area contributed by atoms with Gasteiger partial charge in [-0.15, -0.1) is 0 Å². The van der Waals surface area contributed by atoms with Gasteiger partial charge < -0.3 is 0 Å². The summed E-state index contributed by atoms with van der Waals surface area (Å²) in [5.74, 6) is 1.19. The lowest BCUT2D eigenvalue weighted by molar-refractivity contribution is -0.158. The van der Waals surface area contributed by atoms with Crippen LogP contribution in [0.3, 0.4) is 0 Å². The molecule has 2 aliphatic rings. The number of hydrazine groups is 1. The molecule has 0 radical (unpaired) electrons. The maximum absolute atomic E-state index is 12.1. The van der Waals surface area contributed by atoms with E-state index in [1.165, 1.54) is 25.7 Å². The van der Waals surface area contributed by atoms with Crippen molar-refractivity contribution in [2.45, 2.75) is 77.3 Å². The number of hydrogen-bond donors (Lipinski definition) is 1. The predicted molar refractivity (Wildman–Crippen MR) is 69.3 cm³/mol. The molecule has 0 bridgehead atoms. The molecule has 1 aliphatic carbocycles. The van der Waals surface area contributed by atoms with E-state index >= 15 is 0 Å². The van der Waals surface area contributed by atoms with Crippen molar-refractivity contribution < 1.29 is 4.79 Å². The number of carbonyl (C=O) groups excluding carboxylic acids is 1. The molecule has 1 aliphatic heterocycles. The number of nitrogens with zero attached hydrogens (tertiary/aromatic N) is 1. The van der Waals surface area contributed by atoms with Crippen LogP contribution in [-0.2, 0) is 4.79 Å². The fourth-order valence-electron chi connectivity index (χ4n) is 2.69. The Morgan fingerprint density at radius 3 is 2.59 bits per heavy atom. The van der Waals surface area contributed by atoms with E-state index in [0.29, 0.717) is 11.9 Å². The molecule has 0 aromatic carbocycles. The summed E-state index contributed by atoms with van der Waals surface area (Å²) >= 11 is 0. The van der Waals surface area contributed by atoms with Gasteiger partial charge in [-0.3, -0.25) is 9.80 Å². The topological polar surface area (TPSA) is 32.3 Å². The van der Waals surface area contributed by atoms with Gasteiger partial charge in [-0.1, -0.05) is 46.0 Å². The van der Waals surface area contributed by atoms with Crippen molar-refractivity contribution in [2.75, 3.05) is 0 Å². The minimum atomic E-state index is 0.142. The van der Waals surface area contributed by atoms with Crippen molar-refractivity contribution >= 4 is 5.91 Å². The van der Waals surface area contributed by atoms with Gasteiger partial charge >= 0.3 is 0 Å². The normalized spacial score (nSPS) is 25.9. The maximum atomic E-state index is 12.1. The molecule has 1 saturated carbocycles. The smallest absolute Gasteiger partial charge is 0.255 e. The van der Waals surface area contributed by atoms with Crippen LogP contribution in [0.25, 0.3) is 0 Å². The molecule has 0 aromatic heterocycles. The van der Waals surface area contributed by atoms with Gasteiger partial charge in [-0.05, 0) is 25.2 Å². The van der Waals surface area contributed by atoms with Gasteiger partial charge in [0.15, 0.2) is 0 Å². The first-order valence-electron chi connectivity index (χ1n) is 7.35. The predicted octanol–water partition coefficient (Wildman–Crippen LogP) is 2.86. The lowest BCUT2D eigenvalue weighted by Crippen LogP contribution is -2.69. The number of unbranched alkanes of at least 4 members (excludes halogenated alkanes) is 1. The molecule has 3 nitrogen and oxygen atoms in total. The van der Waals surface area contributed by atoms with E-state index in [4.69, 9.17) is 0 Å². The summed E-state index contributed by atoms with van der Waals surface area (Å²) in [5.41, 5.74) is 3.38. The molecular formula is C14H26N2O. The van der Waals surface area contributed by atoms with Crippen LogP contribution in [0.1, 0.15) is 65.2 Å². The molecular weight excluding hydrogens is 212 g/mol. The Bertz CT molecular complexity index is 263. The summed E-state index contributed by atoms with van der Waals surface area (Å²) in [6.45, 7) is 4.41. The first kappa shape index (κ1) is 12.9. The monoisotopic (exact) mass is 238 g/mol. The first-order valence-corrected chi connectivity index (χ1v) is 7.35. The van der Waals surface area contributed by atoms with Gasteiger partial charge in [0, 0.05) is 6.04 Å². The number of nitrogens with one attached hydrogen (secondary N) is 1. The van der Waals surface area contributed by atoms with Crippen molar-refractivity contribution in [1.29, 1.82) is 0 Å². The second-order valence-electron chi connectivity index (χ2n) is 5.65. The van der Waals surface area contributed by atoms with Crippen LogP contribution in [0, 0.1) is 5.92 Å². The summed E-state index contributed by atoms with van der Waals surface area (Å²) in [5, 5.41) is 1.92. The van der Waals surface area contributed by atoms with Crippen molar-refractivity contribution in [1.82, 2.24) is 10.4 Å². The molecule has 2 fully saturated rings. The zero-order valence-electron chi connectivity index (χ0n) is 11.2. The Labute approximate surface area is 105 Å². The second kappa shape index (κ2) is 5.85. The van der Waals surface area contributed by atoms with E-state index in [2.05, 4.69) is 19.3 Å². The molecule has 2 unspecified atom stereocenters. The maximum Gasteiger partial charge on any atom is 0.255 e. The number of carbonyl (C=O) groups is 1. The lowest BCUT2D eigenvalue weighted by Gasteiger charge is -2.44. The van der Waals surface area contributed by atoms with Crippen molar-refractivity contribution in [3.05, 3.63) is 0 Å². The van der Waals surface area contributed by atoms with Crippen LogP contribution in [0.2, 0.25) is 0 Å². The Kier molecular flexibility index (Phi) is 4.43. The van der Waals surface area contributed by atoms with Gasteiger partial charge in [0.25, 0.3) is 5.91 Å². The Balaban J connectivity index is 1.77. The largest absolute Gasteiger partial charge is 0.273 e. The Morgan fingerprint density at radius 2 is 2.06 bits per heavy atom. The van der Waals surface area contributed by atoms with Crippen LogP contribution in [0.15, 0.2) is 0 Å². The highest BCUT2D eigenvalue weighted by molar-refractivity contribution is 5.86. The molecule has 98 valence electrons. The highest BCUT2D eigenvalue weighted by Gasteiger charge is 2.42. The van der Waals surface area contributed by atoms with E-state index in [9.17, 15) is 4.79 Å². The fraction of sp³-hybridized carbons (Fsp3) is 0.929. The number of amides is 1. The van der Waals surface area contributed by atoms with Crippen LogP contribution in [-0.4, -0.2) is 23.0 Å². The average Bonchev–Trinajstić information content (AvgIpc) is 3.13. The zero-order valence-corrected chi connectivity index (χ0v) is 11.2. The first-order chi connectivity index (χ1) is 8.26. The van der Waals surface area contributed by atoms with Crippen molar-refractivity contribution in [2.24, 2.45) is 5.92 Å². The van der Waals surface area contributed by atoms with Gasteiger partial charge in [0.05, 0.1) is 0 Å². The van der Waals surface area contributed by atoms with Crippen LogP contribution >= 0.6 is 0 Å². The molecule has 3 heteroatoms. The molecule has 1 heterocycles. The summed E-state index contributed by atoms with van der Waals surface area (Å²) in [4.78, 5) is 12.1. The van der Waals surface area contributed by atoms with Gasteiger partial charge in [0.1, 0.15) is 6.04 Å². The third kappa shape index (κ3) is 3.21. The van der Waals surface area contributed by atoms with E-state index in [0.717, 1.165) is 31.6 Å². The van der Waals surface area contributed by atoms with E-state index in [-0.39, 0.29) is 6.04 Å². The highest BCUT2D eigenvalue weighted by atomic mass is 16.2. The Hall–Kier alpha value is -0.570. The Morgan fingerprint density at radius 1 is 1.29 bits per heavy atom. The van der Waals surface area contributed by atoms with E-state index in [1.807, 2.05) is 5.01 Å². The molecule has 0 aromatic rings. The highest BCUT2D eigenvalue weighted by Crippen LogP contribution is 2.35. The van der Waals surface area contributed by atoms with Crippen LogP contribution in [0.4, 0.5) is 0 Å². The van der Waals surface area contributed by atoms with Crippen molar-refractivity contribution in [3.63, 3.8) is 0 Å². The minimum absolute atomic E-state index is 0.142. The van der Waals surface area contributed by atoms with Gasteiger partial charge in [-0.25, -0.2) is 5.43 Å². The molecule has 1 amide bonds. The van der Waals surface area contributed by atoms with Crippen LogP contribution in [0.5, 0.6) is 0 Å². The standard InChI is InChI=1S/C14H26N2O/c1-3-5-7-12(6-4-2)16-14(17)13(15-16)10-11-8-9-11/h11-13,15H,3-10H2,1-2H3. The van der Waals surface area contributed by atoms with E-state index in [1.54, 1.807) is 0 Å². The van der Waals surface area contributed by atoms with E-state index < -0.39 is 0 Å². The summed E-state index contributed by atoms with van der Waals surface area (Å²) in [7, 11) is 0. The fourth-order valence-corrected chi connectivity index (χ4v) is 2.69. The third-order valence-corrected chi connectivity index (χ3v) is 3.97. The number of rotatable bonds is 8. The zero-order chi connectivity index (χ0) is 12.3. The average molecular weight is 238 g/mol. The molecule has 1 saturated heterocycles. The minimum Gasteiger partial charge on any atom is -0.273 e. The molecule has 1 N–H and O–H groups in total. The second-order valence-corrected chi connectivity index (χ2v) is 5.65. The summed E-state index contributed by atoms with van der Waals surface area (Å²) in [6, 6.07) is 0.575. The van der Waals surface area contributed by atoms with Gasteiger partial charge in [0.2, 0.25) is 0 Å². The molecule has 0 spiro atoms. The quantitative estimate of drug-likeness (QED) is 0.705. The third-order valence-electron chi connectivity index (χ3n) is 3.97. The summed E-state index contributed by atoms with van der Waals surface area (Å²) in [6.07, 6.45) is 9.62. The van der Waals surface area contributed by atoms with Gasteiger partial charge in [-0.2, -0.15) is 0 Å². The number of hydrogen-bond acceptors (Lipinski definition) is 2. The SMILES string of the molecule is CCCCC(CCC)N1NC(CC2CC2)C1=O. The van der Waals surface area contributed by atoms with Crippen molar-refractivity contribution in [3.8, 4) is 0 Å².